The summed E-state index contributed by atoms with van der Waals surface area (Å²) in [6.07, 6.45) is 9.31. The molecule has 5 nitrogen and oxygen atoms in total. The number of piperidine rings is 1. The summed E-state index contributed by atoms with van der Waals surface area (Å²) >= 11 is 0. The molecule has 2 aliphatic heterocycles. The van der Waals surface area contributed by atoms with E-state index in [0.29, 0.717) is 5.92 Å². The van der Waals surface area contributed by atoms with Crippen LogP contribution in [0.3, 0.4) is 0 Å². The topological polar surface area (TPSA) is 48.5 Å². The quantitative estimate of drug-likeness (QED) is 0.903. The van der Waals surface area contributed by atoms with E-state index < -0.39 is 0 Å². The predicted octanol–water partition coefficient (Wildman–Crippen LogP) is 2.60. The van der Waals surface area contributed by atoms with Gasteiger partial charge in [-0.1, -0.05) is 0 Å². The number of nitrogens with zero attached hydrogens (tertiary/aromatic N) is 3. The average Bonchev–Trinajstić information content (AvgIpc) is 3.39. The minimum absolute atomic E-state index is 0.154. The average molecular weight is 328 g/mol. The third-order valence-electron chi connectivity index (χ3n) is 5.60. The molecule has 4 rings (SSSR count). The highest BCUT2D eigenvalue weighted by atomic mass is 16.2. The maximum atomic E-state index is 12.6. The van der Waals surface area contributed by atoms with Gasteiger partial charge in [-0.05, 0) is 63.1 Å². The standard InChI is InChI=1S/C19H28N4O/c24-19(22-9-2-1-3-10-22)16-6-8-20-18(12-16)21-13-15-7-11-23(14-15)17-4-5-17/h6,8,12,15,17H,1-5,7,9-11,13-14H2,(H,20,21)/t15-/m0/s1. The fraction of sp³-hybridized carbons (Fsp3) is 0.684. The van der Waals surface area contributed by atoms with Gasteiger partial charge >= 0.3 is 0 Å². The number of rotatable bonds is 5. The van der Waals surface area contributed by atoms with Gasteiger partial charge in [0.1, 0.15) is 5.82 Å². The largest absolute Gasteiger partial charge is 0.370 e. The summed E-state index contributed by atoms with van der Waals surface area (Å²) in [5, 5.41) is 3.46. The second-order valence-electron chi connectivity index (χ2n) is 7.54. The lowest BCUT2D eigenvalue weighted by Gasteiger charge is -2.26. The molecule has 0 bridgehead atoms. The molecule has 3 fully saturated rings. The Hall–Kier alpha value is -1.62. The first-order valence-electron chi connectivity index (χ1n) is 9.53. The van der Waals surface area contributed by atoms with Crippen LogP contribution in [0.1, 0.15) is 48.9 Å². The van der Waals surface area contributed by atoms with E-state index in [1.807, 2.05) is 17.0 Å². The first kappa shape index (κ1) is 15.9. The van der Waals surface area contributed by atoms with Crippen molar-refractivity contribution in [2.75, 3.05) is 38.0 Å². The third kappa shape index (κ3) is 3.72. The Balaban J connectivity index is 1.31. The SMILES string of the molecule is O=C(c1ccnc(NC[C@@H]2CCN(C3CC3)C2)c1)N1CCCCC1. The smallest absolute Gasteiger partial charge is 0.254 e. The lowest BCUT2D eigenvalue weighted by molar-refractivity contribution is 0.0724. The number of carbonyl (C=O) groups excluding carboxylic acids is 1. The molecule has 1 atom stereocenters. The summed E-state index contributed by atoms with van der Waals surface area (Å²) in [6.45, 7) is 5.20. The monoisotopic (exact) mass is 328 g/mol. The molecule has 1 aromatic heterocycles. The summed E-state index contributed by atoms with van der Waals surface area (Å²) in [5.41, 5.74) is 0.764. The van der Waals surface area contributed by atoms with Crippen molar-refractivity contribution in [3.63, 3.8) is 0 Å². The molecule has 1 amide bonds. The van der Waals surface area contributed by atoms with Crippen molar-refractivity contribution in [2.45, 2.75) is 44.6 Å². The molecule has 0 spiro atoms. The highest BCUT2D eigenvalue weighted by Gasteiger charge is 2.34. The van der Waals surface area contributed by atoms with Crippen molar-refractivity contribution >= 4 is 11.7 Å². The predicted molar refractivity (Wildman–Crippen MR) is 95.2 cm³/mol. The number of hydrogen-bond acceptors (Lipinski definition) is 4. The van der Waals surface area contributed by atoms with E-state index in [9.17, 15) is 4.79 Å². The second-order valence-corrected chi connectivity index (χ2v) is 7.54. The molecule has 0 aromatic carbocycles. The molecule has 0 radical (unpaired) electrons. The Bertz CT molecular complexity index is 580. The van der Waals surface area contributed by atoms with Crippen molar-refractivity contribution < 1.29 is 4.79 Å². The number of likely N-dealkylation sites (tertiary alicyclic amines) is 2. The van der Waals surface area contributed by atoms with Crippen molar-refractivity contribution in [1.29, 1.82) is 0 Å². The van der Waals surface area contributed by atoms with Gasteiger partial charge in [-0.15, -0.1) is 0 Å². The van der Waals surface area contributed by atoms with Gasteiger partial charge in [0.05, 0.1) is 0 Å². The number of pyridine rings is 1. The van der Waals surface area contributed by atoms with Crippen molar-refractivity contribution in [2.24, 2.45) is 5.92 Å². The molecule has 1 aromatic rings. The van der Waals surface area contributed by atoms with Crippen LogP contribution in [0.5, 0.6) is 0 Å². The number of anilines is 1. The molecule has 130 valence electrons. The van der Waals surface area contributed by atoms with Crippen molar-refractivity contribution in [3.05, 3.63) is 23.9 Å². The number of nitrogens with one attached hydrogen (secondary N) is 1. The lowest BCUT2D eigenvalue weighted by atomic mass is 10.1. The second kappa shape index (κ2) is 7.09. The Kier molecular flexibility index (Phi) is 4.69. The van der Waals surface area contributed by atoms with Crippen molar-refractivity contribution in [3.8, 4) is 0 Å². The van der Waals surface area contributed by atoms with E-state index in [-0.39, 0.29) is 5.91 Å². The van der Waals surface area contributed by atoms with Gasteiger partial charge in [0.15, 0.2) is 0 Å². The molecule has 3 aliphatic rings. The summed E-state index contributed by atoms with van der Waals surface area (Å²) in [5.74, 6) is 1.69. The Morgan fingerprint density at radius 2 is 2.00 bits per heavy atom. The maximum Gasteiger partial charge on any atom is 0.254 e. The van der Waals surface area contributed by atoms with Gasteiger partial charge in [0.25, 0.3) is 5.91 Å². The van der Waals surface area contributed by atoms with E-state index in [2.05, 4.69) is 15.2 Å². The van der Waals surface area contributed by atoms with E-state index >= 15 is 0 Å². The van der Waals surface area contributed by atoms with Crippen LogP contribution in [0.2, 0.25) is 0 Å². The summed E-state index contributed by atoms with van der Waals surface area (Å²) in [7, 11) is 0. The van der Waals surface area contributed by atoms with Crippen LogP contribution in [0, 0.1) is 5.92 Å². The first-order valence-corrected chi connectivity index (χ1v) is 9.53. The molecular weight excluding hydrogens is 300 g/mol. The Labute approximate surface area is 144 Å². The third-order valence-corrected chi connectivity index (χ3v) is 5.60. The molecule has 5 heteroatoms. The van der Waals surface area contributed by atoms with Crippen molar-refractivity contribution in [1.82, 2.24) is 14.8 Å². The molecule has 2 saturated heterocycles. The molecular formula is C19H28N4O. The molecule has 1 saturated carbocycles. The summed E-state index contributed by atoms with van der Waals surface area (Å²) in [4.78, 5) is 21.6. The van der Waals surface area contributed by atoms with E-state index in [4.69, 9.17) is 0 Å². The Morgan fingerprint density at radius 1 is 1.17 bits per heavy atom. The number of carbonyl (C=O) groups is 1. The number of amides is 1. The molecule has 3 heterocycles. The first-order chi connectivity index (χ1) is 11.8. The van der Waals surface area contributed by atoms with E-state index in [1.54, 1.807) is 6.20 Å². The van der Waals surface area contributed by atoms with Crippen LogP contribution in [0.15, 0.2) is 18.3 Å². The lowest BCUT2D eigenvalue weighted by Crippen LogP contribution is -2.35. The van der Waals surface area contributed by atoms with Crippen LogP contribution >= 0.6 is 0 Å². The molecule has 1 N–H and O–H groups in total. The van der Waals surface area contributed by atoms with Crippen LogP contribution in [-0.4, -0.2) is 59.5 Å². The van der Waals surface area contributed by atoms with E-state index in [1.165, 1.54) is 38.8 Å². The number of hydrogen-bond donors (Lipinski definition) is 1. The molecule has 24 heavy (non-hydrogen) atoms. The zero-order valence-electron chi connectivity index (χ0n) is 14.4. The fourth-order valence-electron chi connectivity index (χ4n) is 3.99. The highest BCUT2D eigenvalue weighted by Crippen LogP contribution is 2.31. The summed E-state index contributed by atoms with van der Waals surface area (Å²) in [6, 6.07) is 4.63. The molecule has 1 aliphatic carbocycles. The van der Waals surface area contributed by atoms with Crippen LogP contribution in [0.4, 0.5) is 5.82 Å². The minimum atomic E-state index is 0.154. The normalized spacial score (nSPS) is 25.0. The van der Waals surface area contributed by atoms with Gasteiger partial charge in [-0.3, -0.25) is 4.79 Å². The van der Waals surface area contributed by atoms with Crippen LogP contribution < -0.4 is 5.32 Å². The van der Waals surface area contributed by atoms with Gasteiger partial charge in [0, 0.05) is 44.0 Å². The van der Waals surface area contributed by atoms with Crippen LogP contribution in [-0.2, 0) is 0 Å². The highest BCUT2D eigenvalue weighted by molar-refractivity contribution is 5.94. The zero-order chi connectivity index (χ0) is 16.4. The number of aromatic nitrogens is 1. The van der Waals surface area contributed by atoms with Crippen LogP contribution in [0.25, 0.3) is 0 Å². The maximum absolute atomic E-state index is 12.6. The van der Waals surface area contributed by atoms with Gasteiger partial charge in [-0.25, -0.2) is 4.98 Å². The summed E-state index contributed by atoms with van der Waals surface area (Å²) < 4.78 is 0. The minimum Gasteiger partial charge on any atom is -0.370 e. The van der Waals surface area contributed by atoms with Gasteiger partial charge in [-0.2, -0.15) is 0 Å². The van der Waals surface area contributed by atoms with E-state index in [0.717, 1.165) is 49.9 Å². The van der Waals surface area contributed by atoms with Gasteiger partial charge in [0.2, 0.25) is 0 Å². The zero-order valence-corrected chi connectivity index (χ0v) is 14.4. The van der Waals surface area contributed by atoms with Gasteiger partial charge < -0.3 is 15.1 Å². The molecule has 0 unspecified atom stereocenters. The Morgan fingerprint density at radius 3 is 2.79 bits per heavy atom. The fourth-order valence-corrected chi connectivity index (χ4v) is 3.99.